The lowest BCUT2D eigenvalue weighted by atomic mass is 10.1. The molecule has 0 saturated heterocycles. The molecule has 3 N–H and O–H groups in total. The van der Waals surface area contributed by atoms with Gasteiger partial charge in [0.2, 0.25) is 0 Å². The SMILES string of the molecule is Cc1cnc(C(NN)c2ccsc2)nc1. The Morgan fingerprint density at radius 1 is 1.40 bits per heavy atom. The summed E-state index contributed by atoms with van der Waals surface area (Å²) in [6, 6.07) is 1.88. The summed E-state index contributed by atoms with van der Waals surface area (Å²) in [5.74, 6) is 6.20. The highest BCUT2D eigenvalue weighted by molar-refractivity contribution is 7.07. The molecule has 2 heterocycles. The fourth-order valence-electron chi connectivity index (χ4n) is 1.31. The molecule has 5 heteroatoms. The molecule has 0 radical (unpaired) electrons. The summed E-state index contributed by atoms with van der Waals surface area (Å²) in [7, 11) is 0. The summed E-state index contributed by atoms with van der Waals surface area (Å²) in [6.45, 7) is 1.96. The average Bonchev–Trinajstić information content (AvgIpc) is 2.75. The molecule has 0 aromatic carbocycles. The van der Waals surface area contributed by atoms with Crippen molar-refractivity contribution in [1.82, 2.24) is 15.4 Å². The topological polar surface area (TPSA) is 63.8 Å². The summed E-state index contributed by atoms with van der Waals surface area (Å²) >= 11 is 1.63. The summed E-state index contributed by atoms with van der Waals surface area (Å²) in [6.07, 6.45) is 3.58. The van der Waals surface area contributed by atoms with Gasteiger partial charge in [-0.05, 0) is 34.9 Å². The third-order valence-corrected chi connectivity index (χ3v) is 2.80. The predicted molar refractivity (Wildman–Crippen MR) is 60.3 cm³/mol. The second kappa shape index (κ2) is 4.48. The Hall–Kier alpha value is -1.30. The largest absolute Gasteiger partial charge is 0.270 e. The maximum Gasteiger partial charge on any atom is 0.150 e. The Morgan fingerprint density at radius 3 is 2.67 bits per heavy atom. The lowest BCUT2D eigenvalue weighted by Crippen LogP contribution is -2.29. The van der Waals surface area contributed by atoms with Crippen molar-refractivity contribution >= 4 is 11.3 Å². The highest BCUT2D eigenvalue weighted by Gasteiger charge is 2.14. The van der Waals surface area contributed by atoms with E-state index in [0.29, 0.717) is 5.82 Å². The monoisotopic (exact) mass is 220 g/mol. The zero-order valence-corrected chi connectivity index (χ0v) is 9.16. The fourth-order valence-corrected chi connectivity index (χ4v) is 2.00. The van der Waals surface area contributed by atoms with Crippen molar-refractivity contribution in [1.29, 1.82) is 0 Å². The van der Waals surface area contributed by atoms with Crippen LogP contribution in [-0.4, -0.2) is 9.97 Å². The minimum absolute atomic E-state index is 0.128. The van der Waals surface area contributed by atoms with E-state index in [2.05, 4.69) is 15.4 Å². The van der Waals surface area contributed by atoms with Gasteiger partial charge < -0.3 is 0 Å². The van der Waals surface area contributed by atoms with Crippen LogP contribution >= 0.6 is 11.3 Å². The first-order chi connectivity index (χ1) is 7.31. The van der Waals surface area contributed by atoms with E-state index in [1.54, 1.807) is 23.7 Å². The molecule has 0 spiro atoms. The van der Waals surface area contributed by atoms with Crippen molar-refractivity contribution in [2.45, 2.75) is 13.0 Å². The summed E-state index contributed by atoms with van der Waals surface area (Å²) in [5, 5.41) is 4.04. The molecule has 0 aliphatic rings. The molecule has 2 aromatic rings. The second-order valence-corrected chi connectivity index (χ2v) is 4.06. The highest BCUT2D eigenvalue weighted by atomic mass is 32.1. The number of aromatic nitrogens is 2. The molecule has 0 aliphatic carbocycles. The van der Waals surface area contributed by atoms with E-state index in [4.69, 9.17) is 5.84 Å². The molecule has 0 aliphatic heterocycles. The van der Waals surface area contributed by atoms with Crippen LogP contribution in [0.3, 0.4) is 0 Å². The zero-order chi connectivity index (χ0) is 10.7. The van der Waals surface area contributed by atoms with Crippen LogP contribution in [0.2, 0.25) is 0 Å². The standard InChI is InChI=1S/C10H12N4S/c1-7-4-12-10(13-5-7)9(14-11)8-2-3-15-6-8/h2-6,9,14H,11H2,1H3. The predicted octanol–water partition coefficient (Wildman–Crippen LogP) is 1.40. The molecule has 0 fully saturated rings. The van der Waals surface area contributed by atoms with Crippen molar-refractivity contribution in [3.8, 4) is 0 Å². The first-order valence-electron chi connectivity index (χ1n) is 4.58. The summed E-state index contributed by atoms with van der Waals surface area (Å²) in [4.78, 5) is 8.51. The second-order valence-electron chi connectivity index (χ2n) is 3.27. The highest BCUT2D eigenvalue weighted by Crippen LogP contribution is 2.20. The molecule has 0 amide bonds. The van der Waals surface area contributed by atoms with Crippen molar-refractivity contribution in [3.63, 3.8) is 0 Å². The molecule has 2 rings (SSSR count). The van der Waals surface area contributed by atoms with Gasteiger partial charge in [-0.1, -0.05) is 0 Å². The Bertz CT molecular complexity index is 409. The fraction of sp³-hybridized carbons (Fsp3) is 0.200. The lowest BCUT2D eigenvalue weighted by Gasteiger charge is -2.12. The first kappa shape index (κ1) is 10.2. The number of rotatable bonds is 3. The van der Waals surface area contributed by atoms with E-state index in [9.17, 15) is 0 Å². The number of hydrogen-bond acceptors (Lipinski definition) is 5. The van der Waals surface area contributed by atoms with Crippen LogP contribution < -0.4 is 11.3 Å². The molecule has 1 atom stereocenters. The number of nitrogens with two attached hydrogens (primary N) is 1. The molecule has 2 aromatic heterocycles. The molecule has 0 bridgehead atoms. The van der Waals surface area contributed by atoms with Gasteiger partial charge in [-0.2, -0.15) is 11.3 Å². The van der Waals surface area contributed by atoms with E-state index >= 15 is 0 Å². The normalized spacial score (nSPS) is 12.7. The molecule has 15 heavy (non-hydrogen) atoms. The Labute approximate surface area is 92.2 Å². The van der Waals surface area contributed by atoms with Crippen molar-refractivity contribution < 1.29 is 0 Å². The van der Waals surface area contributed by atoms with E-state index < -0.39 is 0 Å². The minimum Gasteiger partial charge on any atom is -0.270 e. The first-order valence-corrected chi connectivity index (χ1v) is 5.52. The van der Waals surface area contributed by atoms with Crippen LogP contribution in [-0.2, 0) is 0 Å². The Morgan fingerprint density at radius 2 is 2.13 bits per heavy atom. The van der Waals surface area contributed by atoms with Gasteiger partial charge in [0.25, 0.3) is 0 Å². The summed E-state index contributed by atoms with van der Waals surface area (Å²) in [5.41, 5.74) is 4.85. The molecule has 4 nitrogen and oxygen atoms in total. The van der Waals surface area contributed by atoms with Gasteiger partial charge in [0.05, 0.1) is 0 Å². The minimum atomic E-state index is -0.128. The van der Waals surface area contributed by atoms with Gasteiger partial charge in [0.15, 0.2) is 5.82 Å². The number of nitrogens with zero attached hydrogens (tertiary/aromatic N) is 2. The van der Waals surface area contributed by atoms with E-state index in [1.165, 1.54) is 0 Å². The third kappa shape index (κ3) is 2.20. The molecule has 1 unspecified atom stereocenters. The quantitative estimate of drug-likeness (QED) is 0.606. The zero-order valence-electron chi connectivity index (χ0n) is 8.34. The molecular weight excluding hydrogens is 208 g/mol. The Kier molecular flexibility index (Phi) is 3.05. The smallest absolute Gasteiger partial charge is 0.150 e. The van der Waals surface area contributed by atoms with Crippen LogP contribution in [0.4, 0.5) is 0 Å². The van der Waals surface area contributed by atoms with Crippen LogP contribution in [0.15, 0.2) is 29.2 Å². The maximum atomic E-state index is 5.51. The van der Waals surface area contributed by atoms with Gasteiger partial charge in [-0.3, -0.25) is 5.84 Å². The van der Waals surface area contributed by atoms with Crippen molar-refractivity contribution in [2.24, 2.45) is 5.84 Å². The number of hydrogen-bond donors (Lipinski definition) is 2. The molecule has 0 saturated carbocycles. The van der Waals surface area contributed by atoms with Gasteiger partial charge in [-0.15, -0.1) is 0 Å². The summed E-state index contributed by atoms with van der Waals surface area (Å²) < 4.78 is 0. The number of nitrogens with one attached hydrogen (secondary N) is 1. The third-order valence-electron chi connectivity index (χ3n) is 2.10. The van der Waals surface area contributed by atoms with Crippen molar-refractivity contribution in [3.05, 3.63) is 46.2 Å². The molecule has 78 valence electrons. The Balaban J connectivity index is 2.31. The average molecular weight is 220 g/mol. The van der Waals surface area contributed by atoms with Crippen LogP contribution in [0.25, 0.3) is 0 Å². The van der Waals surface area contributed by atoms with E-state index in [1.807, 2.05) is 23.8 Å². The van der Waals surface area contributed by atoms with E-state index in [0.717, 1.165) is 11.1 Å². The number of thiophene rings is 1. The van der Waals surface area contributed by atoms with Gasteiger partial charge in [-0.25, -0.2) is 15.4 Å². The van der Waals surface area contributed by atoms with Crippen LogP contribution in [0.5, 0.6) is 0 Å². The number of hydrazine groups is 1. The lowest BCUT2D eigenvalue weighted by molar-refractivity contribution is 0.602. The maximum absolute atomic E-state index is 5.51. The van der Waals surface area contributed by atoms with Gasteiger partial charge >= 0.3 is 0 Å². The number of aryl methyl sites for hydroxylation is 1. The van der Waals surface area contributed by atoms with Gasteiger partial charge in [0, 0.05) is 12.4 Å². The van der Waals surface area contributed by atoms with Crippen LogP contribution in [0.1, 0.15) is 23.0 Å². The van der Waals surface area contributed by atoms with Crippen LogP contribution in [0, 0.1) is 6.92 Å². The van der Waals surface area contributed by atoms with E-state index in [-0.39, 0.29) is 6.04 Å². The van der Waals surface area contributed by atoms with Crippen molar-refractivity contribution in [2.75, 3.05) is 0 Å². The van der Waals surface area contributed by atoms with Gasteiger partial charge in [0.1, 0.15) is 6.04 Å². The molecular formula is C10H12N4S.